The van der Waals surface area contributed by atoms with Gasteiger partial charge in [-0.05, 0) is 24.5 Å². The van der Waals surface area contributed by atoms with Crippen molar-refractivity contribution < 1.29 is 17.7 Å². The fourth-order valence-electron chi connectivity index (χ4n) is 0.742. The Balaban J connectivity index is 4.54. The lowest BCUT2D eigenvalue weighted by Gasteiger charge is -2.22. The molecule has 0 aromatic rings. The first-order valence-electron chi connectivity index (χ1n) is 4.36. The quantitative estimate of drug-likeness (QED) is 0.652. The van der Waals surface area contributed by atoms with E-state index in [4.69, 9.17) is 17.7 Å². The van der Waals surface area contributed by atoms with E-state index in [9.17, 15) is 0 Å². The SMILES string of the molecule is CO[Si](C)(/C=C/[Si](C)(OC)OC)OC. The van der Waals surface area contributed by atoms with Gasteiger partial charge < -0.3 is 17.7 Å². The first kappa shape index (κ1) is 14.0. The van der Waals surface area contributed by atoms with E-state index in [0.29, 0.717) is 0 Å². The van der Waals surface area contributed by atoms with E-state index in [1.807, 2.05) is 24.5 Å². The van der Waals surface area contributed by atoms with Gasteiger partial charge in [-0.25, -0.2) is 0 Å². The highest BCUT2D eigenvalue weighted by atomic mass is 28.4. The molecule has 0 aromatic carbocycles. The molecule has 0 heterocycles. The molecule has 4 nitrogen and oxygen atoms in total. The molecule has 0 radical (unpaired) electrons. The lowest BCUT2D eigenvalue weighted by Crippen LogP contribution is -2.38. The molecule has 0 saturated carbocycles. The van der Waals surface area contributed by atoms with Gasteiger partial charge in [-0.3, -0.25) is 0 Å². The second kappa shape index (κ2) is 5.79. The monoisotopic (exact) mass is 236 g/mol. The molecule has 0 aliphatic heterocycles. The molecule has 0 fully saturated rings. The maximum atomic E-state index is 5.31. The molecule has 0 spiro atoms. The van der Waals surface area contributed by atoms with E-state index in [1.54, 1.807) is 28.4 Å². The second-order valence-electron chi connectivity index (χ2n) is 3.18. The first-order chi connectivity index (χ1) is 6.45. The van der Waals surface area contributed by atoms with Crippen molar-refractivity contribution in [2.24, 2.45) is 0 Å². The molecule has 84 valence electrons. The molecule has 0 bridgehead atoms. The van der Waals surface area contributed by atoms with Crippen molar-refractivity contribution in [2.45, 2.75) is 13.1 Å². The van der Waals surface area contributed by atoms with Crippen molar-refractivity contribution >= 4 is 17.1 Å². The van der Waals surface area contributed by atoms with E-state index in [1.165, 1.54) is 0 Å². The topological polar surface area (TPSA) is 36.9 Å². The Morgan fingerprint density at radius 2 is 0.857 bits per heavy atom. The van der Waals surface area contributed by atoms with Gasteiger partial charge in [0.15, 0.2) is 0 Å². The zero-order valence-corrected chi connectivity index (χ0v) is 11.8. The van der Waals surface area contributed by atoms with Crippen LogP contribution in [-0.2, 0) is 17.7 Å². The standard InChI is InChI=1S/C8H20O4Si2/c1-9-13(5,10-2)7-8-14(6,11-3)12-4/h7-8H,1-6H3/b8-7+. The molecule has 0 aliphatic rings. The Hall–Kier alpha value is 0.0138. The van der Waals surface area contributed by atoms with Crippen molar-refractivity contribution in [3.63, 3.8) is 0 Å². The van der Waals surface area contributed by atoms with Crippen LogP contribution >= 0.6 is 0 Å². The average Bonchev–Trinajstić information content (AvgIpc) is 2.25. The Kier molecular flexibility index (Phi) is 5.79. The van der Waals surface area contributed by atoms with Gasteiger partial charge in [0.1, 0.15) is 0 Å². The number of rotatable bonds is 6. The first-order valence-corrected chi connectivity index (χ1v) is 9.15. The summed E-state index contributed by atoms with van der Waals surface area (Å²) >= 11 is 0. The summed E-state index contributed by atoms with van der Waals surface area (Å²) in [6, 6.07) is 0. The van der Waals surface area contributed by atoms with Crippen molar-refractivity contribution in [1.29, 1.82) is 0 Å². The van der Waals surface area contributed by atoms with Crippen molar-refractivity contribution in [1.82, 2.24) is 0 Å². The van der Waals surface area contributed by atoms with Crippen LogP contribution in [0.2, 0.25) is 13.1 Å². The average molecular weight is 236 g/mol. The van der Waals surface area contributed by atoms with Gasteiger partial charge in [-0.1, -0.05) is 0 Å². The van der Waals surface area contributed by atoms with E-state index >= 15 is 0 Å². The highest BCUT2D eigenvalue weighted by Crippen LogP contribution is 2.11. The fraction of sp³-hybridized carbons (Fsp3) is 0.750. The third-order valence-corrected chi connectivity index (χ3v) is 7.43. The molecule has 0 atom stereocenters. The van der Waals surface area contributed by atoms with Crippen molar-refractivity contribution in [3.8, 4) is 0 Å². The predicted octanol–water partition coefficient (Wildman–Crippen LogP) is 1.35. The minimum Gasteiger partial charge on any atom is -0.395 e. The van der Waals surface area contributed by atoms with E-state index < -0.39 is 17.1 Å². The van der Waals surface area contributed by atoms with Gasteiger partial charge in [0.2, 0.25) is 0 Å². The smallest absolute Gasteiger partial charge is 0.360 e. The van der Waals surface area contributed by atoms with Crippen LogP contribution in [0.3, 0.4) is 0 Å². The maximum absolute atomic E-state index is 5.31. The third kappa shape index (κ3) is 4.03. The van der Waals surface area contributed by atoms with Crippen LogP contribution in [-0.4, -0.2) is 45.6 Å². The highest BCUT2D eigenvalue weighted by Gasteiger charge is 2.30. The summed E-state index contributed by atoms with van der Waals surface area (Å²) < 4.78 is 21.2. The number of hydrogen-bond acceptors (Lipinski definition) is 4. The molecule has 6 heteroatoms. The summed E-state index contributed by atoms with van der Waals surface area (Å²) in [6.07, 6.45) is 0. The molecule has 0 unspecified atom stereocenters. The molecule has 0 amide bonds. The Labute approximate surface area is 88.3 Å². The minimum absolute atomic E-state index is 1.65. The number of hydrogen-bond donors (Lipinski definition) is 0. The summed E-state index contributed by atoms with van der Waals surface area (Å²) in [5.41, 5.74) is 3.90. The molecule has 14 heavy (non-hydrogen) atoms. The molecule has 0 saturated heterocycles. The van der Waals surface area contributed by atoms with E-state index in [-0.39, 0.29) is 0 Å². The summed E-state index contributed by atoms with van der Waals surface area (Å²) in [4.78, 5) is 0. The largest absolute Gasteiger partial charge is 0.395 e. The Morgan fingerprint density at radius 1 is 0.643 bits per heavy atom. The second-order valence-corrected chi connectivity index (χ2v) is 9.55. The van der Waals surface area contributed by atoms with Gasteiger partial charge in [-0.15, -0.1) is 0 Å². The zero-order valence-electron chi connectivity index (χ0n) is 9.79. The minimum atomic E-state index is -2.15. The molecular formula is C8H20O4Si2. The molecule has 0 rings (SSSR count). The Bertz CT molecular complexity index is 168. The summed E-state index contributed by atoms with van der Waals surface area (Å²) in [7, 11) is 2.31. The zero-order chi connectivity index (χ0) is 11.2. The van der Waals surface area contributed by atoms with Gasteiger partial charge in [0.25, 0.3) is 0 Å². The van der Waals surface area contributed by atoms with Crippen LogP contribution < -0.4 is 0 Å². The summed E-state index contributed by atoms with van der Waals surface area (Å²) in [5.74, 6) is 0. The van der Waals surface area contributed by atoms with Gasteiger partial charge in [-0.2, -0.15) is 0 Å². The summed E-state index contributed by atoms with van der Waals surface area (Å²) in [6.45, 7) is 3.92. The van der Waals surface area contributed by atoms with Gasteiger partial charge >= 0.3 is 17.1 Å². The van der Waals surface area contributed by atoms with E-state index in [0.717, 1.165) is 0 Å². The third-order valence-electron chi connectivity index (χ3n) is 2.31. The van der Waals surface area contributed by atoms with Gasteiger partial charge in [0.05, 0.1) is 0 Å². The molecule has 0 aromatic heterocycles. The van der Waals surface area contributed by atoms with Crippen molar-refractivity contribution in [3.05, 3.63) is 11.4 Å². The van der Waals surface area contributed by atoms with Crippen LogP contribution in [0.25, 0.3) is 0 Å². The molecule has 0 N–H and O–H groups in total. The van der Waals surface area contributed by atoms with Crippen LogP contribution in [0.15, 0.2) is 11.4 Å². The van der Waals surface area contributed by atoms with Gasteiger partial charge in [0, 0.05) is 28.4 Å². The molecular weight excluding hydrogens is 216 g/mol. The predicted molar refractivity (Wildman–Crippen MR) is 60.4 cm³/mol. The van der Waals surface area contributed by atoms with Crippen LogP contribution in [0.4, 0.5) is 0 Å². The fourth-order valence-corrected chi connectivity index (χ4v) is 4.04. The maximum Gasteiger partial charge on any atom is 0.360 e. The summed E-state index contributed by atoms with van der Waals surface area (Å²) in [5, 5.41) is 0. The van der Waals surface area contributed by atoms with Crippen LogP contribution in [0.5, 0.6) is 0 Å². The van der Waals surface area contributed by atoms with Crippen molar-refractivity contribution in [2.75, 3.05) is 28.4 Å². The normalized spacial score (nSPS) is 13.9. The lowest BCUT2D eigenvalue weighted by atomic mass is 11.2. The van der Waals surface area contributed by atoms with Crippen LogP contribution in [0.1, 0.15) is 0 Å². The molecule has 0 aliphatic carbocycles. The Morgan fingerprint density at radius 3 is 1.00 bits per heavy atom. The van der Waals surface area contributed by atoms with Crippen LogP contribution in [0, 0.1) is 0 Å². The lowest BCUT2D eigenvalue weighted by molar-refractivity contribution is 0.258. The van der Waals surface area contributed by atoms with E-state index in [2.05, 4.69) is 0 Å². The highest BCUT2D eigenvalue weighted by molar-refractivity contribution is 6.77.